The number of anilines is 5. The molecule has 1 saturated carbocycles. The number of rotatable bonds is 18. The molecule has 5 heterocycles. The highest BCUT2D eigenvalue weighted by Crippen LogP contribution is 2.32. The lowest BCUT2D eigenvalue weighted by atomic mass is 10.0. The van der Waals surface area contributed by atoms with Crippen molar-refractivity contribution in [1.29, 1.82) is 0 Å². The Labute approximate surface area is 362 Å². The number of ketones is 1. The minimum atomic E-state index is -0.275. The molecule has 2 fully saturated rings. The van der Waals surface area contributed by atoms with Crippen LogP contribution in [0.1, 0.15) is 108 Å². The van der Waals surface area contributed by atoms with Crippen molar-refractivity contribution in [3.8, 4) is 0 Å². The summed E-state index contributed by atoms with van der Waals surface area (Å²) in [5.41, 5.74) is 5.57. The van der Waals surface area contributed by atoms with Crippen LogP contribution in [0.3, 0.4) is 0 Å². The van der Waals surface area contributed by atoms with Crippen molar-refractivity contribution < 1.29 is 14.4 Å². The Hall–Kier alpha value is -6.16. The van der Waals surface area contributed by atoms with E-state index in [1.54, 1.807) is 22.4 Å². The second kappa shape index (κ2) is 20.1. The number of carbonyl (C=O) groups excluding carboxylic acids is 3. The van der Waals surface area contributed by atoms with Gasteiger partial charge in [-0.2, -0.15) is 10.1 Å². The van der Waals surface area contributed by atoms with Gasteiger partial charge in [0, 0.05) is 87.0 Å². The highest BCUT2D eigenvalue weighted by Gasteiger charge is 2.26. The summed E-state index contributed by atoms with van der Waals surface area (Å²) in [5.74, 6) is 1.11. The summed E-state index contributed by atoms with van der Waals surface area (Å²) in [7, 11) is 1.85. The molecule has 0 radical (unpaired) electrons. The quantitative estimate of drug-likeness (QED) is 0.0559. The van der Waals surface area contributed by atoms with E-state index in [2.05, 4.69) is 46.1 Å². The van der Waals surface area contributed by atoms with Crippen LogP contribution in [0.5, 0.6) is 0 Å². The molecule has 7 rings (SSSR count). The number of amides is 2. The van der Waals surface area contributed by atoms with E-state index in [4.69, 9.17) is 4.98 Å². The number of piperazine rings is 1. The zero-order chi connectivity index (χ0) is 43.8. The van der Waals surface area contributed by atoms with Crippen molar-refractivity contribution in [3.63, 3.8) is 0 Å². The summed E-state index contributed by atoms with van der Waals surface area (Å²) in [6.07, 6.45) is 12.6. The van der Waals surface area contributed by atoms with Gasteiger partial charge in [0.25, 0.3) is 11.5 Å². The number of nitrogens with zero attached hydrogens (tertiary/aromatic N) is 8. The van der Waals surface area contributed by atoms with Gasteiger partial charge in [0.1, 0.15) is 11.5 Å². The standard InChI is InChI=1S/C46H60N12O4/c1-30-26-40(54-55(30)5)51-44(61)36-16-13-17-38(31(36)2)47-20-11-7-6-8-12-21-48-41(60)29-56-22-24-57(25-23-56)35-18-19-39(49-27-35)52-46-50-28-37-32(3)42(33(4)59)45(62)58(43(37)53-46)34-14-9-10-15-34/h13,16-19,26-28,34,47H,6-12,14-15,20-25,29H2,1-5H3,(H,48,60)(H,51,54,61)(H,49,50,52,53). The second-order valence-corrected chi connectivity index (χ2v) is 16.7. The summed E-state index contributed by atoms with van der Waals surface area (Å²) in [6, 6.07) is 11.5. The molecule has 62 heavy (non-hydrogen) atoms. The number of hydrogen-bond acceptors (Lipinski definition) is 12. The van der Waals surface area contributed by atoms with E-state index in [1.807, 2.05) is 63.5 Å². The first-order valence-electron chi connectivity index (χ1n) is 22.0. The maximum Gasteiger partial charge on any atom is 0.263 e. The number of Topliss-reactive ketones (excluding diaryl/α,β-unsaturated/α-hetero) is 1. The molecule has 0 spiro atoms. The smallest absolute Gasteiger partial charge is 0.263 e. The first kappa shape index (κ1) is 43.9. The maximum absolute atomic E-state index is 13.6. The van der Waals surface area contributed by atoms with Gasteiger partial charge in [0.15, 0.2) is 11.6 Å². The molecule has 328 valence electrons. The Balaban J connectivity index is 0.782. The number of aromatic nitrogens is 6. The van der Waals surface area contributed by atoms with Crippen LogP contribution < -0.4 is 31.7 Å². The summed E-state index contributed by atoms with van der Waals surface area (Å²) < 4.78 is 3.45. The van der Waals surface area contributed by atoms with Gasteiger partial charge in [0.2, 0.25) is 11.9 Å². The average molecular weight is 845 g/mol. The monoisotopic (exact) mass is 844 g/mol. The predicted octanol–water partition coefficient (Wildman–Crippen LogP) is 6.46. The third kappa shape index (κ3) is 10.5. The minimum Gasteiger partial charge on any atom is -0.385 e. The van der Waals surface area contributed by atoms with E-state index in [0.717, 1.165) is 113 Å². The van der Waals surface area contributed by atoms with Gasteiger partial charge in [-0.15, -0.1) is 0 Å². The lowest BCUT2D eigenvalue weighted by molar-refractivity contribution is -0.122. The van der Waals surface area contributed by atoms with Gasteiger partial charge in [-0.1, -0.05) is 38.2 Å². The Morgan fingerprint density at radius 2 is 1.58 bits per heavy atom. The van der Waals surface area contributed by atoms with Crippen LogP contribution in [0.15, 0.2) is 53.6 Å². The van der Waals surface area contributed by atoms with Crippen molar-refractivity contribution in [2.45, 2.75) is 91.5 Å². The largest absolute Gasteiger partial charge is 0.385 e. The molecule has 16 heteroatoms. The number of hydrogen-bond donors (Lipinski definition) is 4. The molecule has 1 aliphatic heterocycles. The molecule has 2 aliphatic rings. The Morgan fingerprint density at radius 3 is 2.27 bits per heavy atom. The van der Waals surface area contributed by atoms with E-state index in [1.165, 1.54) is 6.92 Å². The fourth-order valence-corrected chi connectivity index (χ4v) is 8.60. The molecular formula is C46H60N12O4. The number of aryl methyl sites for hydroxylation is 3. The number of benzene rings is 1. The van der Waals surface area contributed by atoms with Gasteiger partial charge in [-0.05, 0) is 88.8 Å². The summed E-state index contributed by atoms with van der Waals surface area (Å²) in [4.78, 5) is 70.0. The maximum atomic E-state index is 13.6. The van der Waals surface area contributed by atoms with Crippen LogP contribution in [0.4, 0.5) is 29.0 Å². The van der Waals surface area contributed by atoms with Crippen molar-refractivity contribution in [2.75, 3.05) is 66.7 Å². The van der Waals surface area contributed by atoms with Crippen molar-refractivity contribution >= 4 is 57.6 Å². The van der Waals surface area contributed by atoms with Crippen molar-refractivity contribution in [2.24, 2.45) is 7.05 Å². The first-order chi connectivity index (χ1) is 30.0. The Kier molecular flexibility index (Phi) is 14.3. The lowest BCUT2D eigenvalue weighted by Gasteiger charge is -2.35. The first-order valence-corrected chi connectivity index (χ1v) is 22.0. The van der Waals surface area contributed by atoms with Gasteiger partial charge in [0.05, 0.1) is 24.0 Å². The van der Waals surface area contributed by atoms with Gasteiger partial charge < -0.3 is 26.2 Å². The Morgan fingerprint density at radius 1 is 0.839 bits per heavy atom. The van der Waals surface area contributed by atoms with Crippen LogP contribution in [0, 0.1) is 20.8 Å². The van der Waals surface area contributed by atoms with E-state index in [-0.39, 0.29) is 34.8 Å². The molecule has 4 aromatic heterocycles. The number of pyridine rings is 2. The van der Waals surface area contributed by atoms with E-state index >= 15 is 0 Å². The van der Waals surface area contributed by atoms with Gasteiger partial charge in [-0.25, -0.2) is 9.97 Å². The average Bonchev–Trinajstić information content (AvgIpc) is 3.89. The van der Waals surface area contributed by atoms with Crippen LogP contribution in [0.2, 0.25) is 0 Å². The molecule has 1 aliphatic carbocycles. The van der Waals surface area contributed by atoms with E-state index in [9.17, 15) is 19.2 Å². The third-order valence-corrected chi connectivity index (χ3v) is 12.3. The van der Waals surface area contributed by atoms with Crippen molar-refractivity contribution in [3.05, 3.63) is 87.1 Å². The number of unbranched alkanes of at least 4 members (excludes halogenated alkanes) is 4. The molecule has 1 aromatic carbocycles. The summed E-state index contributed by atoms with van der Waals surface area (Å²) >= 11 is 0. The minimum absolute atomic E-state index is 0.00841. The third-order valence-electron chi connectivity index (χ3n) is 12.3. The highest BCUT2D eigenvalue weighted by molar-refractivity contribution is 6.05. The number of fused-ring (bicyclic) bond motifs is 1. The topological polar surface area (TPSA) is 184 Å². The molecule has 0 unspecified atom stereocenters. The zero-order valence-electron chi connectivity index (χ0n) is 36.7. The second-order valence-electron chi connectivity index (χ2n) is 16.7. The molecule has 4 N–H and O–H groups in total. The summed E-state index contributed by atoms with van der Waals surface area (Å²) in [5, 5.41) is 17.7. The van der Waals surface area contributed by atoms with Crippen LogP contribution in [0.25, 0.3) is 11.0 Å². The molecule has 0 bridgehead atoms. The van der Waals surface area contributed by atoms with Crippen molar-refractivity contribution in [1.82, 2.24) is 39.5 Å². The van der Waals surface area contributed by atoms with Crippen LogP contribution in [-0.2, 0) is 11.8 Å². The van der Waals surface area contributed by atoms with E-state index in [0.29, 0.717) is 52.8 Å². The lowest BCUT2D eigenvalue weighted by Crippen LogP contribution is -2.49. The van der Waals surface area contributed by atoms with Gasteiger partial charge in [-0.3, -0.25) is 33.3 Å². The highest BCUT2D eigenvalue weighted by atomic mass is 16.2. The number of nitrogens with one attached hydrogen (secondary N) is 4. The zero-order valence-corrected chi connectivity index (χ0v) is 36.7. The van der Waals surface area contributed by atoms with Crippen LogP contribution >= 0.6 is 0 Å². The normalized spacial score (nSPS) is 14.6. The number of carbonyl (C=O) groups is 3. The Bertz CT molecular complexity index is 2430. The van der Waals surface area contributed by atoms with E-state index < -0.39 is 0 Å². The predicted molar refractivity (Wildman–Crippen MR) is 244 cm³/mol. The van der Waals surface area contributed by atoms with Gasteiger partial charge >= 0.3 is 0 Å². The molecule has 1 saturated heterocycles. The molecule has 2 amide bonds. The molecule has 16 nitrogen and oxygen atoms in total. The molecular weight excluding hydrogens is 785 g/mol. The fourth-order valence-electron chi connectivity index (χ4n) is 8.60. The fraction of sp³-hybridized carbons (Fsp3) is 0.478. The summed E-state index contributed by atoms with van der Waals surface area (Å²) in [6.45, 7) is 12.2. The molecule has 5 aromatic rings. The molecule has 0 atom stereocenters. The SMILES string of the molecule is CC(=O)c1c(C)c2cnc(Nc3ccc(N4CCN(CC(=O)NCCCCCCCNc5cccc(C(=O)Nc6cc(C)n(C)n6)c5C)CC4)cn3)nc2n(C2CCCC2)c1=O. The van der Waals surface area contributed by atoms with Crippen LogP contribution in [-0.4, -0.2) is 97.6 Å².